The zero-order valence-electron chi connectivity index (χ0n) is 8.99. The first kappa shape index (κ1) is 9.22. The number of ether oxygens (including phenoxy) is 1. The van der Waals surface area contributed by atoms with E-state index in [1.165, 1.54) is 5.56 Å². The van der Waals surface area contributed by atoms with E-state index in [2.05, 4.69) is 13.0 Å². The highest BCUT2D eigenvalue weighted by molar-refractivity contribution is 5.41. The molecule has 2 heteroatoms. The number of rotatable bonds is 2. The number of aliphatic hydroxyl groups is 1. The molecule has 2 aliphatic rings. The van der Waals surface area contributed by atoms with Gasteiger partial charge in [-0.2, -0.15) is 0 Å². The van der Waals surface area contributed by atoms with Gasteiger partial charge in [0.25, 0.3) is 0 Å². The van der Waals surface area contributed by atoms with Crippen LogP contribution in [0.1, 0.15) is 37.0 Å². The maximum absolute atomic E-state index is 10.2. The molecule has 0 radical (unpaired) electrons. The van der Waals surface area contributed by atoms with Gasteiger partial charge in [-0.25, -0.2) is 0 Å². The molecule has 1 saturated carbocycles. The fraction of sp³-hybridized carbons (Fsp3) is 0.538. The summed E-state index contributed by atoms with van der Waals surface area (Å²) in [5.74, 6) is 0.993. The van der Waals surface area contributed by atoms with Gasteiger partial charge in [-0.15, -0.1) is 0 Å². The summed E-state index contributed by atoms with van der Waals surface area (Å²) in [5, 5.41) is 10.2. The molecule has 3 rings (SSSR count). The first-order valence-electron chi connectivity index (χ1n) is 5.63. The van der Waals surface area contributed by atoms with Gasteiger partial charge in [-0.05, 0) is 41.5 Å². The predicted molar refractivity (Wildman–Crippen MR) is 57.9 cm³/mol. The molecule has 0 amide bonds. The van der Waals surface area contributed by atoms with E-state index in [-0.39, 0.29) is 11.5 Å². The lowest BCUT2D eigenvalue weighted by molar-refractivity contribution is 0.103. The summed E-state index contributed by atoms with van der Waals surface area (Å²) in [5.41, 5.74) is 2.43. The minimum Gasteiger partial charge on any atom is -0.493 e. The Bertz CT molecular complexity index is 394. The van der Waals surface area contributed by atoms with Gasteiger partial charge in [0.15, 0.2) is 0 Å². The van der Waals surface area contributed by atoms with Gasteiger partial charge in [-0.3, -0.25) is 0 Å². The molecule has 1 aromatic carbocycles. The van der Waals surface area contributed by atoms with Crippen molar-refractivity contribution in [3.8, 4) is 5.75 Å². The van der Waals surface area contributed by atoms with Crippen molar-refractivity contribution in [2.45, 2.75) is 32.3 Å². The van der Waals surface area contributed by atoms with Crippen molar-refractivity contribution in [3.63, 3.8) is 0 Å². The highest BCUT2D eigenvalue weighted by Crippen LogP contribution is 2.54. The van der Waals surface area contributed by atoms with Crippen LogP contribution in [0.15, 0.2) is 18.2 Å². The Labute approximate surface area is 89.9 Å². The molecule has 0 aromatic heterocycles. The fourth-order valence-electron chi connectivity index (χ4n) is 2.25. The van der Waals surface area contributed by atoms with E-state index >= 15 is 0 Å². The molecule has 1 fully saturated rings. The molecular weight excluding hydrogens is 188 g/mol. The lowest BCUT2D eigenvalue weighted by Gasteiger charge is -2.18. The monoisotopic (exact) mass is 204 g/mol. The molecule has 1 aromatic rings. The van der Waals surface area contributed by atoms with Gasteiger partial charge in [0.2, 0.25) is 0 Å². The quantitative estimate of drug-likeness (QED) is 0.801. The third kappa shape index (κ3) is 1.44. The van der Waals surface area contributed by atoms with Crippen LogP contribution in [0, 0.1) is 5.41 Å². The predicted octanol–water partition coefficient (Wildman–Crippen LogP) is 2.46. The average molecular weight is 204 g/mol. The number of hydrogen-bond acceptors (Lipinski definition) is 2. The Kier molecular flexibility index (Phi) is 1.84. The standard InChI is InChI=1S/C13H16O2/c1-13(5-6-13)12(14)10-2-3-11-9(8-10)4-7-15-11/h2-3,8,12,14H,4-7H2,1H3. The Morgan fingerprint density at radius 3 is 2.93 bits per heavy atom. The number of hydrogen-bond donors (Lipinski definition) is 1. The summed E-state index contributed by atoms with van der Waals surface area (Å²) < 4.78 is 5.45. The van der Waals surface area contributed by atoms with E-state index in [0.717, 1.165) is 37.2 Å². The first-order valence-corrected chi connectivity index (χ1v) is 5.63. The smallest absolute Gasteiger partial charge is 0.122 e. The fourth-order valence-corrected chi connectivity index (χ4v) is 2.25. The second-order valence-corrected chi connectivity index (χ2v) is 5.02. The second kappa shape index (κ2) is 2.99. The van der Waals surface area contributed by atoms with Crippen molar-refractivity contribution in [1.82, 2.24) is 0 Å². The van der Waals surface area contributed by atoms with Gasteiger partial charge in [0.1, 0.15) is 5.75 Å². The summed E-state index contributed by atoms with van der Waals surface area (Å²) in [6.07, 6.45) is 2.96. The molecular formula is C13H16O2. The second-order valence-electron chi connectivity index (χ2n) is 5.02. The highest BCUT2D eigenvalue weighted by atomic mass is 16.5. The number of fused-ring (bicyclic) bond motifs is 1. The maximum atomic E-state index is 10.2. The lowest BCUT2D eigenvalue weighted by atomic mass is 9.93. The molecule has 2 nitrogen and oxygen atoms in total. The normalized spacial score (nSPS) is 23.1. The van der Waals surface area contributed by atoms with Crippen molar-refractivity contribution in [3.05, 3.63) is 29.3 Å². The Balaban J connectivity index is 1.92. The SMILES string of the molecule is CC1(C(O)c2ccc3c(c2)CCO3)CC1. The summed E-state index contributed by atoms with van der Waals surface area (Å²) in [6.45, 7) is 2.94. The van der Waals surface area contributed by atoms with E-state index < -0.39 is 0 Å². The Morgan fingerprint density at radius 1 is 1.40 bits per heavy atom. The van der Waals surface area contributed by atoms with Crippen LogP contribution in [0.4, 0.5) is 0 Å². The molecule has 1 aliphatic heterocycles. The molecule has 1 N–H and O–H groups in total. The van der Waals surface area contributed by atoms with Crippen LogP contribution in [-0.2, 0) is 6.42 Å². The zero-order chi connectivity index (χ0) is 10.5. The van der Waals surface area contributed by atoms with Crippen molar-refractivity contribution in [1.29, 1.82) is 0 Å². The number of benzene rings is 1. The molecule has 0 bridgehead atoms. The van der Waals surface area contributed by atoms with Gasteiger partial charge >= 0.3 is 0 Å². The summed E-state index contributed by atoms with van der Waals surface area (Å²) in [6, 6.07) is 6.10. The van der Waals surface area contributed by atoms with Gasteiger partial charge < -0.3 is 9.84 Å². The zero-order valence-corrected chi connectivity index (χ0v) is 8.99. The largest absolute Gasteiger partial charge is 0.493 e. The molecule has 80 valence electrons. The van der Waals surface area contributed by atoms with Crippen molar-refractivity contribution >= 4 is 0 Å². The molecule has 1 atom stereocenters. The van der Waals surface area contributed by atoms with Gasteiger partial charge in [0.05, 0.1) is 12.7 Å². The van der Waals surface area contributed by atoms with Crippen LogP contribution in [0.5, 0.6) is 5.75 Å². The van der Waals surface area contributed by atoms with Crippen LogP contribution >= 0.6 is 0 Å². The van der Waals surface area contributed by atoms with Crippen LogP contribution in [0.25, 0.3) is 0 Å². The first-order chi connectivity index (χ1) is 7.19. The highest BCUT2D eigenvalue weighted by Gasteiger charge is 2.44. The van der Waals surface area contributed by atoms with Gasteiger partial charge in [-0.1, -0.05) is 13.0 Å². The summed E-state index contributed by atoms with van der Waals surface area (Å²) in [7, 11) is 0. The van der Waals surface area contributed by atoms with E-state index in [1.54, 1.807) is 0 Å². The van der Waals surface area contributed by atoms with E-state index in [9.17, 15) is 5.11 Å². The molecule has 1 unspecified atom stereocenters. The Morgan fingerprint density at radius 2 is 2.20 bits per heavy atom. The van der Waals surface area contributed by atoms with Crippen LogP contribution in [-0.4, -0.2) is 11.7 Å². The van der Waals surface area contributed by atoms with Crippen molar-refractivity contribution in [2.75, 3.05) is 6.61 Å². The molecule has 0 spiro atoms. The van der Waals surface area contributed by atoms with E-state index in [1.807, 2.05) is 12.1 Å². The number of aliphatic hydroxyl groups excluding tert-OH is 1. The lowest BCUT2D eigenvalue weighted by Crippen LogP contribution is -2.09. The third-order valence-corrected chi connectivity index (χ3v) is 3.73. The topological polar surface area (TPSA) is 29.5 Å². The van der Waals surface area contributed by atoms with Crippen molar-refractivity contribution in [2.24, 2.45) is 5.41 Å². The molecule has 15 heavy (non-hydrogen) atoms. The molecule has 0 saturated heterocycles. The Hall–Kier alpha value is -1.02. The minimum absolute atomic E-state index is 0.133. The maximum Gasteiger partial charge on any atom is 0.122 e. The van der Waals surface area contributed by atoms with E-state index in [4.69, 9.17) is 4.74 Å². The van der Waals surface area contributed by atoms with Crippen LogP contribution < -0.4 is 4.74 Å². The minimum atomic E-state index is -0.302. The van der Waals surface area contributed by atoms with Crippen molar-refractivity contribution < 1.29 is 9.84 Å². The van der Waals surface area contributed by atoms with Crippen LogP contribution in [0.3, 0.4) is 0 Å². The average Bonchev–Trinajstić information content (AvgIpc) is 2.82. The van der Waals surface area contributed by atoms with E-state index in [0.29, 0.717) is 0 Å². The summed E-state index contributed by atoms with van der Waals surface area (Å²) in [4.78, 5) is 0. The third-order valence-electron chi connectivity index (χ3n) is 3.73. The molecule has 1 aliphatic carbocycles. The summed E-state index contributed by atoms with van der Waals surface area (Å²) >= 11 is 0. The molecule has 1 heterocycles. The van der Waals surface area contributed by atoms with Gasteiger partial charge in [0, 0.05) is 6.42 Å². The van der Waals surface area contributed by atoms with Crippen LogP contribution in [0.2, 0.25) is 0 Å².